The van der Waals surface area contributed by atoms with Gasteiger partial charge in [0.15, 0.2) is 5.78 Å². The molecule has 1 aliphatic rings. The summed E-state index contributed by atoms with van der Waals surface area (Å²) in [6.45, 7) is 9.72. The second-order valence-corrected chi connectivity index (χ2v) is 7.40. The lowest BCUT2D eigenvalue weighted by Gasteiger charge is -2.37. The summed E-state index contributed by atoms with van der Waals surface area (Å²) in [6.07, 6.45) is 0.470. The Labute approximate surface area is 167 Å². The molecule has 1 N–H and O–H groups in total. The summed E-state index contributed by atoms with van der Waals surface area (Å²) in [7, 11) is 0. The number of carbonyl (C=O) groups is 2. The molecule has 5 heteroatoms. The Morgan fingerprint density at radius 3 is 2.29 bits per heavy atom. The minimum atomic E-state index is 0.0572. The van der Waals surface area contributed by atoms with Crippen LogP contribution in [0, 0.1) is 13.8 Å². The number of amides is 1. The molecule has 1 amide bonds. The van der Waals surface area contributed by atoms with Crippen LogP contribution in [0.3, 0.4) is 0 Å². The third-order valence-corrected chi connectivity index (χ3v) is 5.51. The van der Waals surface area contributed by atoms with Crippen molar-refractivity contribution in [1.82, 2.24) is 4.90 Å². The molecule has 1 saturated heterocycles. The van der Waals surface area contributed by atoms with Crippen LogP contribution in [0.2, 0.25) is 0 Å². The van der Waals surface area contributed by atoms with Crippen molar-refractivity contribution in [3.05, 3.63) is 59.2 Å². The van der Waals surface area contributed by atoms with Crippen LogP contribution in [0.4, 0.5) is 11.4 Å². The molecular weight excluding hydrogens is 350 g/mol. The van der Waals surface area contributed by atoms with E-state index in [9.17, 15) is 9.59 Å². The van der Waals surface area contributed by atoms with Crippen molar-refractivity contribution in [3.8, 4) is 0 Å². The van der Waals surface area contributed by atoms with Crippen molar-refractivity contribution >= 4 is 23.1 Å². The van der Waals surface area contributed by atoms with Gasteiger partial charge in [-0.3, -0.25) is 9.59 Å². The van der Waals surface area contributed by atoms with E-state index in [1.54, 1.807) is 19.1 Å². The summed E-state index contributed by atoms with van der Waals surface area (Å²) in [5, 5.41) is 3.26. The number of hydrogen-bond acceptors (Lipinski definition) is 4. The van der Waals surface area contributed by atoms with Gasteiger partial charge in [0.2, 0.25) is 5.91 Å². The molecule has 0 aromatic heterocycles. The number of nitrogens with zero attached hydrogens (tertiary/aromatic N) is 2. The number of anilines is 2. The van der Waals surface area contributed by atoms with Crippen LogP contribution >= 0.6 is 0 Å². The fraction of sp³-hybridized carbons (Fsp3) is 0.391. The van der Waals surface area contributed by atoms with Gasteiger partial charge in [-0.15, -0.1) is 0 Å². The first-order valence-corrected chi connectivity index (χ1v) is 9.89. The van der Waals surface area contributed by atoms with Gasteiger partial charge in [0, 0.05) is 56.1 Å². The zero-order valence-electron chi connectivity index (χ0n) is 17.0. The Balaban J connectivity index is 1.45. The fourth-order valence-corrected chi connectivity index (χ4v) is 3.57. The number of piperazine rings is 1. The molecule has 0 radical (unpaired) electrons. The third kappa shape index (κ3) is 4.71. The molecular formula is C23H29N3O2. The lowest BCUT2D eigenvalue weighted by atomic mass is 10.1. The lowest BCUT2D eigenvalue weighted by molar-refractivity contribution is -0.131. The van der Waals surface area contributed by atoms with Crippen LogP contribution in [0.5, 0.6) is 0 Å². The number of hydrogen-bond donors (Lipinski definition) is 1. The number of Topliss-reactive ketones (excluding diaryl/α,β-unsaturated/α-hetero) is 1. The van der Waals surface area contributed by atoms with Crippen LogP contribution in [-0.2, 0) is 4.79 Å². The Morgan fingerprint density at radius 1 is 0.964 bits per heavy atom. The van der Waals surface area contributed by atoms with Gasteiger partial charge in [-0.1, -0.05) is 12.1 Å². The zero-order chi connectivity index (χ0) is 20.1. The van der Waals surface area contributed by atoms with E-state index in [1.807, 2.05) is 17.0 Å². The van der Waals surface area contributed by atoms with Gasteiger partial charge in [0.05, 0.1) is 0 Å². The molecule has 1 fully saturated rings. The SMILES string of the molecule is CC(=O)c1ccc(NCCC(=O)N2CCN(c3cccc(C)c3C)CC2)cc1. The minimum Gasteiger partial charge on any atom is -0.385 e. The van der Waals surface area contributed by atoms with E-state index in [-0.39, 0.29) is 11.7 Å². The Bertz CT molecular complexity index is 837. The van der Waals surface area contributed by atoms with E-state index >= 15 is 0 Å². The van der Waals surface area contributed by atoms with E-state index < -0.39 is 0 Å². The van der Waals surface area contributed by atoms with E-state index in [2.05, 4.69) is 42.3 Å². The highest BCUT2D eigenvalue weighted by Gasteiger charge is 2.21. The van der Waals surface area contributed by atoms with Gasteiger partial charge in [-0.05, 0) is 62.2 Å². The number of rotatable bonds is 6. The van der Waals surface area contributed by atoms with Crippen LogP contribution in [-0.4, -0.2) is 49.3 Å². The summed E-state index contributed by atoms with van der Waals surface area (Å²) < 4.78 is 0. The van der Waals surface area contributed by atoms with Crippen LogP contribution < -0.4 is 10.2 Å². The first kappa shape index (κ1) is 19.9. The second-order valence-electron chi connectivity index (χ2n) is 7.40. The monoisotopic (exact) mass is 379 g/mol. The minimum absolute atomic E-state index is 0.0572. The summed E-state index contributed by atoms with van der Waals surface area (Å²) in [6, 6.07) is 13.8. The molecule has 3 rings (SSSR count). The molecule has 0 spiro atoms. The van der Waals surface area contributed by atoms with E-state index in [0.717, 1.165) is 31.9 Å². The average Bonchev–Trinajstić information content (AvgIpc) is 2.70. The summed E-state index contributed by atoms with van der Waals surface area (Å²) in [5.74, 6) is 0.246. The Hall–Kier alpha value is -2.82. The second kappa shape index (κ2) is 8.91. The van der Waals surface area contributed by atoms with Crippen molar-refractivity contribution < 1.29 is 9.59 Å². The van der Waals surface area contributed by atoms with E-state index in [1.165, 1.54) is 16.8 Å². The van der Waals surface area contributed by atoms with Crippen LogP contribution in [0.25, 0.3) is 0 Å². The molecule has 0 bridgehead atoms. The highest BCUT2D eigenvalue weighted by atomic mass is 16.2. The maximum Gasteiger partial charge on any atom is 0.224 e. The third-order valence-electron chi connectivity index (χ3n) is 5.51. The lowest BCUT2D eigenvalue weighted by Crippen LogP contribution is -2.49. The average molecular weight is 380 g/mol. The van der Waals surface area contributed by atoms with Crippen LogP contribution in [0.1, 0.15) is 34.8 Å². The van der Waals surface area contributed by atoms with Gasteiger partial charge in [0.25, 0.3) is 0 Å². The smallest absolute Gasteiger partial charge is 0.224 e. The number of aryl methyl sites for hydroxylation is 1. The van der Waals surface area contributed by atoms with Gasteiger partial charge >= 0.3 is 0 Å². The zero-order valence-corrected chi connectivity index (χ0v) is 17.0. The Kier molecular flexibility index (Phi) is 6.34. The van der Waals surface area contributed by atoms with Gasteiger partial charge in [0.1, 0.15) is 0 Å². The van der Waals surface area contributed by atoms with Crippen molar-refractivity contribution in [1.29, 1.82) is 0 Å². The van der Waals surface area contributed by atoms with Crippen molar-refractivity contribution in [3.63, 3.8) is 0 Å². The first-order valence-electron chi connectivity index (χ1n) is 9.89. The molecule has 0 saturated carbocycles. The molecule has 5 nitrogen and oxygen atoms in total. The van der Waals surface area contributed by atoms with E-state index in [0.29, 0.717) is 18.5 Å². The molecule has 2 aromatic carbocycles. The maximum absolute atomic E-state index is 12.5. The Morgan fingerprint density at radius 2 is 1.64 bits per heavy atom. The van der Waals surface area contributed by atoms with Gasteiger partial charge in [-0.2, -0.15) is 0 Å². The number of benzene rings is 2. The van der Waals surface area contributed by atoms with Gasteiger partial charge < -0.3 is 15.1 Å². The molecule has 0 atom stereocenters. The highest BCUT2D eigenvalue weighted by molar-refractivity contribution is 5.94. The fourth-order valence-electron chi connectivity index (χ4n) is 3.57. The van der Waals surface area contributed by atoms with E-state index in [4.69, 9.17) is 0 Å². The van der Waals surface area contributed by atoms with Crippen molar-refractivity contribution in [2.75, 3.05) is 42.9 Å². The maximum atomic E-state index is 12.5. The number of carbonyl (C=O) groups excluding carboxylic acids is 2. The molecule has 1 heterocycles. The molecule has 0 aliphatic carbocycles. The molecule has 2 aromatic rings. The molecule has 1 aliphatic heterocycles. The largest absolute Gasteiger partial charge is 0.385 e. The number of nitrogens with one attached hydrogen (secondary N) is 1. The molecule has 28 heavy (non-hydrogen) atoms. The molecule has 0 unspecified atom stereocenters. The summed E-state index contributed by atoms with van der Waals surface area (Å²) >= 11 is 0. The molecule has 148 valence electrons. The normalized spacial score (nSPS) is 14.1. The number of ketones is 1. The standard InChI is InChI=1S/C23H29N3O2/c1-17-5-4-6-22(18(17)2)25-13-15-26(16-14-25)23(28)11-12-24-21-9-7-20(8-10-21)19(3)27/h4-10,24H,11-16H2,1-3H3. The first-order chi connectivity index (χ1) is 13.5. The topological polar surface area (TPSA) is 52.7 Å². The summed E-state index contributed by atoms with van der Waals surface area (Å²) in [5.41, 5.74) is 5.53. The van der Waals surface area contributed by atoms with Crippen LogP contribution in [0.15, 0.2) is 42.5 Å². The predicted octanol–water partition coefficient (Wildman–Crippen LogP) is 3.66. The van der Waals surface area contributed by atoms with Crippen molar-refractivity contribution in [2.24, 2.45) is 0 Å². The van der Waals surface area contributed by atoms with Gasteiger partial charge in [-0.25, -0.2) is 0 Å². The predicted molar refractivity (Wildman–Crippen MR) is 114 cm³/mol. The quantitative estimate of drug-likeness (QED) is 0.779. The van der Waals surface area contributed by atoms with Crippen molar-refractivity contribution in [2.45, 2.75) is 27.2 Å². The summed E-state index contributed by atoms with van der Waals surface area (Å²) in [4.78, 5) is 28.2. The highest BCUT2D eigenvalue weighted by Crippen LogP contribution is 2.24.